The summed E-state index contributed by atoms with van der Waals surface area (Å²) < 4.78 is 37.4. The van der Waals surface area contributed by atoms with Crippen molar-refractivity contribution in [2.45, 2.75) is 40.3 Å². The Labute approximate surface area is 203 Å². The van der Waals surface area contributed by atoms with Crippen LogP contribution < -0.4 is 10.1 Å². The zero-order valence-electron chi connectivity index (χ0n) is 19.3. The molecule has 9 nitrogen and oxygen atoms in total. The molecule has 0 radical (unpaired) electrons. The highest BCUT2D eigenvalue weighted by atomic mass is 127. The van der Waals surface area contributed by atoms with Crippen molar-refractivity contribution in [3.05, 3.63) is 23.0 Å². The van der Waals surface area contributed by atoms with Gasteiger partial charge in [-0.2, -0.15) is 4.31 Å². The third-order valence-corrected chi connectivity index (χ3v) is 6.93. The molecule has 1 aromatic rings. The lowest BCUT2D eigenvalue weighted by Crippen LogP contribution is -2.54. The Kier molecular flexibility index (Phi) is 11.5. The van der Waals surface area contributed by atoms with Crippen LogP contribution in [0.4, 0.5) is 0 Å². The first kappa shape index (κ1) is 27.9. The molecule has 0 unspecified atom stereocenters. The Hall–Kier alpha value is -1.18. The standard InChI is InChI=1S/C20H35N5O4S.HI/c1-15(2)29-11-12-30(26,27)25-9-7-24(8-10-25)20(21-5)23-14-18-17(4)19(28-6)16(3)13-22-18;/h13,15H,7-12,14H2,1-6H3,(H,21,23);1H. The zero-order chi connectivity index (χ0) is 22.3. The van der Waals surface area contributed by atoms with Crippen molar-refractivity contribution in [1.29, 1.82) is 0 Å². The number of nitrogens with one attached hydrogen (secondary N) is 1. The van der Waals surface area contributed by atoms with Crippen molar-refractivity contribution in [2.24, 2.45) is 4.99 Å². The van der Waals surface area contributed by atoms with E-state index < -0.39 is 10.0 Å². The number of ether oxygens (including phenoxy) is 2. The van der Waals surface area contributed by atoms with Gasteiger partial charge in [-0.05, 0) is 27.7 Å². The number of hydrogen-bond donors (Lipinski definition) is 1. The van der Waals surface area contributed by atoms with Crippen LogP contribution in [-0.4, -0.2) is 87.4 Å². The lowest BCUT2D eigenvalue weighted by molar-refractivity contribution is 0.0904. The number of pyridine rings is 1. The molecule has 31 heavy (non-hydrogen) atoms. The Morgan fingerprint density at radius 3 is 2.45 bits per heavy atom. The summed E-state index contributed by atoms with van der Waals surface area (Å²) in [5.41, 5.74) is 2.89. The Balaban J connectivity index is 0.00000480. The Morgan fingerprint density at radius 2 is 1.90 bits per heavy atom. The maximum absolute atomic E-state index is 12.5. The number of hydrogen-bond acceptors (Lipinski definition) is 6. The Bertz CT molecular complexity index is 840. The van der Waals surface area contributed by atoms with Gasteiger partial charge in [0.05, 0.1) is 37.8 Å². The van der Waals surface area contributed by atoms with Crippen LogP contribution in [-0.2, 0) is 21.3 Å². The summed E-state index contributed by atoms with van der Waals surface area (Å²) in [6.07, 6.45) is 1.83. The summed E-state index contributed by atoms with van der Waals surface area (Å²) in [6, 6.07) is 0. The molecule has 1 fully saturated rings. The molecule has 1 aromatic heterocycles. The third kappa shape index (κ3) is 7.72. The van der Waals surface area contributed by atoms with E-state index in [9.17, 15) is 8.42 Å². The molecule has 1 N–H and O–H groups in total. The molecular formula is C20H36IN5O4S. The molecule has 0 amide bonds. The first-order valence-electron chi connectivity index (χ1n) is 10.2. The van der Waals surface area contributed by atoms with E-state index in [2.05, 4.69) is 20.2 Å². The average molecular weight is 570 g/mol. The fourth-order valence-electron chi connectivity index (χ4n) is 3.44. The van der Waals surface area contributed by atoms with Crippen LogP contribution >= 0.6 is 24.0 Å². The lowest BCUT2D eigenvalue weighted by atomic mass is 10.1. The van der Waals surface area contributed by atoms with Crippen molar-refractivity contribution < 1.29 is 17.9 Å². The molecule has 1 aliphatic rings. The number of piperazine rings is 1. The number of aryl methyl sites for hydroxylation is 1. The SMILES string of the molecule is CN=C(NCc1ncc(C)c(OC)c1C)N1CCN(S(=O)(=O)CCOC(C)C)CC1.I. The molecule has 2 rings (SSSR count). The molecular weight excluding hydrogens is 533 g/mol. The number of guanidine groups is 1. The minimum absolute atomic E-state index is 0. The fourth-order valence-corrected chi connectivity index (χ4v) is 4.73. The Morgan fingerprint density at radius 1 is 1.26 bits per heavy atom. The van der Waals surface area contributed by atoms with Crippen molar-refractivity contribution in [3.8, 4) is 5.75 Å². The topological polar surface area (TPSA) is 96.4 Å². The summed E-state index contributed by atoms with van der Waals surface area (Å²) in [7, 11) is 0.0775. The van der Waals surface area contributed by atoms with Gasteiger partial charge in [0.25, 0.3) is 0 Å². The summed E-state index contributed by atoms with van der Waals surface area (Å²) in [4.78, 5) is 10.9. The van der Waals surface area contributed by atoms with Crippen LogP contribution in [0.5, 0.6) is 5.75 Å². The smallest absolute Gasteiger partial charge is 0.216 e. The second-order valence-corrected chi connectivity index (χ2v) is 9.66. The third-order valence-electron chi connectivity index (χ3n) is 5.10. The van der Waals surface area contributed by atoms with Gasteiger partial charge in [0, 0.05) is 50.6 Å². The quantitative estimate of drug-likeness (QED) is 0.290. The largest absolute Gasteiger partial charge is 0.496 e. The summed E-state index contributed by atoms with van der Waals surface area (Å²) in [5, 5.41) is 3.34. The van der Waals surface area contributed by atoms with E-state index in [0.717, 1.165) is 28.5 Å². The number of rotatable bonds is 8. The molecule has 2 heterocycles. The summed E-state index contributed by atoms with van der Waals surface area (Å²) >= 11 is 0. The molecule has 0 spiro atoms. The molecule has 1 saturated heterocycles. The van der Waals surface area contributed by atoms with Crippen molar-refractivity contribution in [2.75, 3.05) is 52.7 Å². The van der Waals surface area contributed by atoms with Gasteiger partial charge in [0.1, 0.15) is 5.75 Å². The molecule has 0 aliphatic carbocycles. The minimum Gasteiger partial charge on any atom is -0.496 e. The van der Waals surface area contributed by atoms with E-state index in [1.807, 2.05) is 27.7 Å². The number of sulfonamides is 1. The normalized spacial score (nSPS) is 15.7. The number of methoxy groups -OCH3 is 1. The van der Waals surface area contributed by atoms with Crippen molar-refractivity contribution >= 4 is 40.0 Å². The monoisotopic (exact) mass is 569 g/mol. The summed E-state index contributed by atoms with van der Waals surface area (Å²) in [5.74, 6) is 1.59. The van der Waals surface area contributed by atoms with Gasteiger partial charge >= 0.3 is 0 Å². The fraction of sp³-hybridized carbons (Fsp3) is 0.700. The van der Waals surface area contributed by atoms with E-state index in [4.69, 9.17) is 9.47 Å². The predicted octanol–water partition coefficient (Wildman–Crippen LogP) is 1.77. The number of aliphatic imine (C=N–C) groups is 1. The zero-order valence-corrected chi connectivity index (χ0v) is 22.5. The van der Waals surface area contributed by atoms with Crippen LogP contribution in [0.2, 0.25) is 0 Å². The van der Waals surface area contributed by atoms with Crippen LogP contribution in [0.1, 0.15) is 30.7 Å². The van der Waals surface area contributed by atoms with Crippen molar-refractivity contribution in [1.82, 2.24) is 19.5 Å². The molecule has 0 atom stereocenters. The second-order valence-electron chi connectivity index (χ2n) is 7.57. The van der Waals surface area contributed by atoms with Gasteiger partial charge in [-0.3, -0.25) is 9.98 Å². The highest BCUT2D eigenvalue weighted by Crippen LogP contribution is 2.23. The van der Waals surface area contributed by atoms with Gasteiger partial charge in [0.2, 0.25) is 10.0 Å². The molecule has 0 bridgehead atoms. The molecule has 11 heteroatoms. The van der Waals surface area contributed by atoms with Crippen LogP contribution in [0.3, 0.4) is 0 Å². The predicted molar refractivity (Wildman–Crippen MR) is 134 cm³/mol. The molecule has 1 aliphatic heterocycles. The van der Waals surface area contributed by atoms with Crippen LogP contribution in [0.15, 0.2) is 11.2 Å². The first-order chi connectivity index (χ1) is 14.2. The van der Waals surface area contributed by atoms with Gasteiger partial charge < -0.3 is 19.7 Å². The number of halogens is 1. The van der Waals surface area contributed by atoms with Gasteiger partial charge in [-0.15, -0.1) is 24.0 Å². The number of nitrogens with zero attached hydrogens (tertiary/aromatic N) is 4. The molecule has 0 saturated carbocycles. The van der Waals surface area contributed by atoms with E-state index in [-0.39, 0.29) is 42.4 Å². The second kappa shape index (κ2) is 12.8. The first-order valence-corrected chi connectivity index (χ1v) is 11.8. The maximum Gasteiger partial charge on any atom is 0.216 e. The highest BCUT2D eigenvalue weighted by molar-refractivity contribution is 14.0. The average Bonchev–Trinajstić information content (AvgIpc) is 2.70. The van der Waals surface area contributed by atoms with Crippen LogP contribution in [0, 0.1) is 13.8 Å². The van der Waals surface area contributed by atoms with Gasteiger partial charge in [-0.25, -0.2) is 8.42 Å². The molecule has 178 valence electrons. The lowest BCUT2D eigenvalue weighted by Gasteiger charge is -2.35. The maximum atomic E-state index is 12.5. The minimum atomic E-state index is -3.31. The van der Waals surface area contributed by atoms with E-state index in [0.29, 0.717) is 32.7 Å². The summed E-state index contributed by atoms with van der Waals surface area (Å²) in [6.45, 7) is 10.5. The van der Waals surface area contributed by atoms with Crippen LogP contribution in [0.25, 0.3) is 0 Å². The van der Waals surface area contributed by atoms with E-state index in [1.54, 1.807) is 20.4 Å². The highest BCUT2D eigenvalue weighted by Gasteiger charge is 2.28. The van der Waals surface area contributed by atoms with Gasteiger partial charge in [0.15, 0.2) is 5.96 Å². The van der Waals surface area contributed by atoms with E-state index in [1.165, 1.54) is 4.31 Å². The number of aromatic nitrogens is 1. The van der Waals surface area contributed by atoms with E-state index >= 15 is 0 Å². The van der Waals surface area contributed by atoms with Crippen molar-refractivity contribution in [3.63, 3.8) is 0 Å². The van der Waals surface area contributed by atoms with Gasteiger partial charge in [-0.1, -0.05) is 0 Å². The molecule has 0 aromatic carbocycles.